The molecule has 1 fully saturated rings. The normalized spacial score (nSPS) is 15.7. The van der Waals surface area contributed by atoms with Crippen molar-refractivity contribution >= 4 is 11.6 Å². The van der Waals surface area contributed by atoms with Crippen molar-refractivity contribution in [3.63, 3.8) is 0 Å². The molecule has 0 radical (unpaired) electrons. The Hall–Kier alpha value is -1.96. The number of aliphatic hydroxyl groups excluding tert-OH is 1. The van der Waals surface area contributed by atoms with E-state index in [1.54, 1.807) is 4.90 Å². The van der Waals surface area contributed by atoms with Crippen LogP contribution >= 0.6 is 0 Å². The molecule has 0 atom stereocenters. The molecule has 92 valence electrons. The van der Waals surface area contributed by atoms with Crippen LogP contribution in [-0.4, -0.2) is 50.3 Å². The largest absolute Gasteiger partial charge is 0.396 e. The SMILES string of the molecule is O=C(Cn1cc([N+](=O)[O-])cn1)N1CC(CO)C1. The first kappa shape index (κ1) is 11.5. The van der Waals surface area contributed by atoms with Crippen LogP contribution in [0.5, 0.6) is 0 Å². The maximum Gasteiger partial charge on any atom is 0.307 e. The lowest BCUT2D eigenvalue weighted by Crippen LogP contribution is -2.52. The second-order valence-corrected chi connectivity index (χ2v) is 4.00. The molecule has 2 heterocycles. The summed E-state index contributed by atoms with van der Waals surface area (Å²) in [5.74, 6) is 0.0126. The van der Waals surface area contributed by atoms with E-state index in [2.05, 4.69) is 5.10 Å². The van der Waals surface area contributed by atoms with Gasteiger partial charge in [-0.3, -0.25) is 19.6 Å². The lowest BCUT2D eigenvalue weighted by atomic mass is 10.0. The van der Waals surface area contributed by atoms with Crippen molar-refractivity contribution < 1.29 is 14.8 Å². The Morgan fingerprint density at radius 1 is 1.65 bits per heavy atom. The zero-order chi connectivity index (χ0) is 12.4. The molecule has 0 aromatic carbocycles. The van der Waals surface area contributed by atoms with Gasteiger partial charge in [0.15, 0.2) is 0 Å². The van der Waals surface area contributed by atoms with E-state index in [4.69, 9.17) is 5.11 Å². The van der Waals surface area contributed by atoms with Gasteiger partial charge in [-0.1, -0.05) is 0 Å². The first-order valence-corrected chi connectivity index (χ1v) is 5.15. The Kier molecular flexibility index (Phi) is 3.05. The van der Waals surface area contributed by atoms with Gasteiger partial charge in [0.1, 0.15) is 18.9 Å². The number of amides is 1. The van der Waals surface area contributed by atoms with Crippen molar-refractivity contribution in [1.29, 1.82) is 0 Å². The van der Waals surface area contributed by atoms with Crippen molar-refractivity contribution in [2.45, 2.75) is 6.54 Å². The third-order valence-corrected chi connectivity index (χ3v) is 2.70. The standard InChI is InChI=1S/C9H12N4O4/c14-6-7-2-11(3-7)9(15)5-12-4-8(1-10-12)13(16)17/h1,4,7,14H,2-3,5-6H2. The molecule has 1 N–H and O–H groups in total. The molecule has 0 aliphatic carbocycles. The van der Waals surface area contributed by atoms with E-state index in [1.807, 2.05) is 0 Å². The first-order valence-electron chi connectivity index (χ1n) is 5.15. The van der Waals surface area contributed by atoms with Crippen LogP contribution in [0.2, 0.25) is 0 Å². The molecular formula is C9H12N4O4. The van der Waals surface area contributed by atoms with Crippen LogP contribution < -0.4 is 0 Å². The van der Waals surface area contributed by atoms with Gasteiger partial charge in [0.25, 0.3) is 0 Å². The minimum Gasteiger partial charge on any atom is -0.396 e. The van der Waals surface area contributed by atoms with Crippen LogP contribution in [0.1, 0.15) is 0 Å². The molecule has 8 nitrogen and oxygen atoms in total. The number of rotatable bonds is 4. The molecule has 1 aromatic rings. The molecule has 1 amide bonds. The molecule has 1 aliphatic rings. The van der Waals surface area contributed by atoms with Gasteiger partial charge in [0.2, 0.25) is 5.91 Å². The molecule has 1 saturated heterocycles. The molecule has 17 heavy (non-hydrogen) atoms. The lowest BCUT2D eigenvalue weighted by molar-refractivity contribution is -0.385. The minimum absolute atomic E-state index is 0.00795. The number of carbonyl (C=O) groups is 1. The minimum atomic E-state index is -0.556. The molecule has 0 bridgehead atoms. The Morgan fingerprint density at radius 2 is 2.35 bits per heavy atom. The maximum atomic E-state index is 11.6. The zero-order valence-corrected chi connectivity index (χ0v) is 9.02. The van der Waals surface area contributed by atoms with Crippen LogP contribution in [-0.2, 0) is 11.3 Å². The third-order valence-electron chi connectivity index (χ3n) is 2.70. The predicted octanol–water partition coefficient (Wildman–Crippen LogP) is -0.758. The predicted molar refractivity (Wildman–Crippen MR) is 56.0 cm³/mol. The quantitative estimate of drug-likeness (QED) is 0.550. The lowest BCUT2D eigenvalue weighted by Gasteiger charge is -2.38. The summed E-state index contributed by atoms with van der Waals surface area (Å²) in [7, 11) is 0. The smallest absolute Gasteiger partial charge is 0.307 e. The maximum absolute atomic E-state index is 11.6. The second kappa shape index (κ2) is 4.50. The number of hydrogen-bond acceptors (Lipinski definition) is 5. The molecule has 1 aliphatic heterocycles. The third kappa shape index (κ3) is 2.41. The number of nitrogens with zero attached hydrogens (tertiary/aromatic N) is 4. The highest BCUT2D eigenvalue weighted by atomic mass is 16.6. The van der Waals surface area contributed by atoms with Crippen molar-refractivity contribution in [1.82, 2.24) is 14.7 Å². The number of nitro groups is 1. The summed E-state index contributed by atoms with van der Waals surface area (Å²) in [4.78, 5) is 23.1. The van der Waals surface area contributed by atoms with Gasteiger partial charge in [0, 0.05) is 25.6 Å². The molecule has 1 aromatic heterocycles. The van der Waals surface area contributed by atoms with Crippen molar-refractivity contribution in [3.8, 4) is 0 Å². The summed E-state index contributed by atoms with van der Waals surface area (Å²) >= 11 is 0. The van der Waals surface area contributed by atoms with E-state index in [0.717, 1.165) is 6.20 Å². The zero-order valence-electron chi connectivity index (χ0n) is 9.02. The Bertz CT molecular complexity index is 438. The number of aromatic nitrogens is 2. The van der Waals surface area contributed by atoms with Gasteiger partial charge < -0.3 is 10.0 Å². The molecule has 0 spiro atoms. The van der Waals surface area contributed by atoms with E-state index in [0.29, 0.717) is 13.1 Å². The van der Waals surface area contributed by atoms with E-state index >= 15 is 0 Å². The van der Waals surface area contributed by atoms with Gasteiger partial charge in [-0.2, -0.15) is 5.10 Å². The van der Waals surface area contributed by atoms with E-state index in [-0.39, 0.29) is 30.7 Å². The summed E-state index contributed by atoms with van der Waals surface area (Å²) in [5, 5.41) is 23.0. The average Bonchev–Trinajstić information content (AvgIpc) is 2.64. The number of aliphatic hydroxyl groups is 1. The van der Waals surface area contributed by atoms with Crippen LogP contribution in [0.25, 0.3) is 0 Å². The van der Waals surface area contributed by atoms with Gasteiger partial charge in [0.05, 0.1) is 4.92 Å². The average molecular weight is 240 g/mol. The molecular weight excluding hydrogens is 228 g/mol. The van der Waals surface area contributed by atoms with Crippen LogP contribution in [0, 0.1) is 16.0 Å². The fraction of sp³-hybridized carbons (Fsp3) is 0.556. The van der Waals surface area contributed by atoms with Crippen LogP contribution in [0.3, 0.4) is 0 Å². The Balaban J connectivity index is 1.88. The highest BCUT2D eigenvalue weighted by Gasteiger charge is 2.30. The molecule has 0 unspecified atom stereocenters. The monoisotopic (exact) mass is 240 g/mol. The summed E-state index contributed by atoms with van der Waals surface area (Å²) in [6, 6.07) is 0. The Labute approximate surface area is 96.6 Å². The summed E-state index contributed by atoms with van der Waals surface area (Å²) < 4.78 is 1.24. The van der Waals surface area contributed by atoms with E-state index < -0.39 is 4.92 Å². The van der Waals surface area contributed by atoms with Crippen LogP contribution in [0.4, 0.5) is 5.69 Å². The highest BCUT2D eigenvalue weighted by Crippen LogP contribution is 2.15. The van der Waals surface area contributed by atoms with Crippen LogP contribution in [0.15, 0.2) is 12.4 Å². The number of likely N-dealkylation sites (tertiary alicyclic amines) is 1. The fourth-order valence-electron chi connectivity index (χ4n) is 1.66. The summed E-state index contributed by atoms with van der Waals surface area (Å²) in [6.45, 7) is 1.15. The molecule has 2 rings (SSSR count). The van der Waals surface area contributed by atoms with E-state index in [1.165, 1.54) is 10.9 Å². The van der Waals surface area contributed by atoms with Crippen molar-refractivity contribution in [2.24, 2.45) is 5.92 Å². The second-order valence-electron chi connectivity index (χ2n) is 4.00. The number of carbonyl (C=O) groups excluding carboxylic acids is 1. The first-order chi connectivity index (χ1) is 8.10. The van der Waals surface area contributed by atoms with Crippen molar-refractivity contribution in [2.75, 3.05) is 19.7 Å². The van der Waals surface area contributed by atoms with Gasteiger partial charge in [-0.05, 0) is 0 Å². The molecule has 0 saturated carbocycles. The van der Waals surface area contributed by atoms with Gasteiger partial charge in [-0.25, -0.2) is 0 Å². The van der Waals surface area contributed by atoms with Crippen molar-refractivity contribution in [3.05, 3.63) is 22.5 Å². The van der Waals surface area contributed by atoms with E-state index in [9.17, 15) is 14.9 Å². The fourth-order valence-corrected chi connectivity index (χ4v) is 1.66. The topological polar surface area (TPSA) is 102 Å². The van der Waals surface area contributed by atoms with Gasteiger partial charge >= 0.3 is 5.69 Å². The highest BCUT2D eigenvalue weighted by molar-refractivity contribution is 5.76. The summed E-state index contributed by atoms with van der Waals surface area (Å²) in [6.07, 6.45) is 2.33. The van der Waals surface area contributed by atoms with Gasteiger partial charge in [-0.15, -0.1) is 0 Å². The number of hydrogen-bond donors (Lipinski definition) is 1. The summed E-state index contributed by atoms with van der Waals surface area (Å²) in [5.41, 5.74) is -0.130. The molecule has 8 heteroatoms. The Morgan fingerprint density at radius 3 is 2.88 bits per heavy atom.